The zero-order valence-electron chi connectivity index (χ0n) is 13.5. The minimum Gasteiger partial charge on any atom is -0.392 e. The molecule has 1 heterocycles. The van der Waals surface area contributed by atoms with E-state index in [-0.39, 0.29) is 12.5 Å². The fraction of sp³-hybridized carbons (Fsp3) is 0.211. The number of benzene rings is 2. The smallest absolute Gasteiger partial charge is 0.255 e. The highest BCUT2D eigenvalue weighted by Gasteiger charge is 2.29. The van der Waals surface area contributed by atoms with Crippen molar-refractivity contribution in [1.29, 1.82) is 0 Å². The van der Waals surface area contributed by atoms with Crippen LogP contribution in [0.4, 0.5) is 5.69 Å². The van der Waals surface area contributed by atoms with Crippen LogP contribution in [-0.4, -0.2) is 21.2 Å². The topological polar surface area (TPSA) is 88.2 Å². The van der Waals surface area contributed by atoms with E-state index in [4.69, 9.17) is 4.52 Å². The first-order valence-electron chi connectivity index (χ1n) is 8.18. The summed E-state index contributed by atoms with van der Waals surface area (Å²) in [5.41, 5.74) is 2.63. The van der Waals surface area contributed by atoms with Gasteiger partial charge in [-0.3, -0.25) is 4.79 Å². The third kappa shape index (κ3) is 3.44. The van der Waals surface area contributed by atoms with E-state index in [1.165, 1.54) is 0 Å². The van der Waals surface area contributed by atoms with E-state index < -0.39 is 0 Å². The van der Waals surface area contributed by atoms with Crippen LogP contribution in [0.1, 0.15) is 40.6 Å². The lowest BCUT2D eigenvalue weighted by Gasteiger charge is -2.07. The van der Waals surface area contributed by atoms with E-state index in [9.17, 15) is 9.90 Å². The molecule has 6 nitrogen and oxygen atoms in total. The summed E-state index contributed by atoms with van der Waals surface area (Å²) >= 11 is 0. The predicted molar refractivity (Wildman–Crippen MR) is 92.0 cm³/mol. The van der Waals surface area contributed by atoms with Gasteiger partial charge in [0.25, 0.3) is 5.91 Å². The molecule has 6 heteroatoms. The van der Waals surface area contributed by atoms with Crippen molar-refractivity contribution in [3.63, 3.8) is 0 Å². The molecule has 2 N–H and O–H groups in total. The van der Waals surface area contributed by atoms with Crippen molar-refractivity contribution >= 4 is 11.6 Å². The molecule has 0 aliphatic heterocycles. The summed E-state index contributed by atoms with van der Waals surface area (Å²) in [5.74, 6) is 1.33. The Bertz CT molecular complexity index is 916. The minimum atomic E-state index is -0.233. The number of nitrogens with zero attached hydrogens (tertiary/aromatic N) is 2. The fourth-order valence-electron chi connectivity index (χ4n) is 2.60. The van der Waals surface area contributed by atoms with Gasteiger partial charge in [0.1, 0.15) is 0 Å². The highest BCUT2D eigenvalue weighted by Crippen LogP contribution is 2.39. The molecular weight excluding hydrogens is 318 g/mol. The Labute approximate surface area is 144 Å². The first-order valence-corrected chi connectivity index (χ1v) is 8.18. The molecule has 25 heavy (non-hydrogen) atoms. The first-order chi connectivity index (χ1) is 12.2. The lowest BCUT2D eigenvalue weighted by atomic mass is 10.1. The Hall–Kier alpha value is -2.99. The normalized spacial score (nSPS) is 13.6. The van der Waals surface area contributed by atoms with Gasteiger partial charge in [0, 0.05) is 22.7 Å². The largest absolute Gasteiger partial charge is 0.392 e. The maximum absolute atomic E-state index is 12.5. The lowest BCUT2D eigenvalue weighted by molar-refractivity contribution is 0.102. The van der Waals surface area contributed by atoms with Gasteiger partial charge >= 0.3 is 0 Å². The molecule has 1 saturated carbocycles. The molecule has 0 atom stereocenters. The van der Waals surface area contributed by atoms with Crippen molar-refractivity contribution in [2.24, 2.45) is 0 Å². The molecule has 2 aromatic carbocycles. The number of aliphatic hydroxyl groups excluding tert-OH is 1. The van der Waals surface area contributed by atoms with Crippen LogP contribution < -0.4 is 5.32 Å². The third-order valence-electron chi connectivity index (χ3n) is 4.12. The molecule has 4 rings (SSSR count). The van der Waals surface area contributed by atoms with Gasteiger partial charge < -0.3 is 14.9 Å². The first kappa shape index (κ1) is 15.5. The Kier molecular flexibility index (Phi) is 4.03. The van der Waals surface area contributed by atoms with E-state index in [1.807, 2.05) is 6.07 Å². The summed E-state index contributed by atoms with van der Waals surface area (Å²) in [6.07, 6.45) is 2.19. The molecule has 0 spiro atoms. The van der Waals surface area contributed by atoms with Gasteiger partial charge in [0.05, 0.1) is 6.61 Å². The minimum absolute atomic E-state index is 0.0691. The number of carbonyl (C=O) groups excluding carboxylic acids is 1. The van der Waals surface area contributed by atoms with E-state index in [1.54, 1.807) is 42.5 Å². The molecule has 1 amide bonds. The number of hydrogen-bond donors (Lipinski definition) is 2. The molecule has 0 radical (unpaired) electrons. The van der Waals surface area contributed by atoms with Crippen molar-refractivity contribution in [2.75, 3.05) is 5.32 Å². The molecule has 1 fully saturated rings. The van der Waals surface area contributed by atoms with Crippen LogP contribution in [0.25, 0.3) is 11.4 Å². The van der Waals surface area contributed by atoms with Gasteiger partial charge in [-0.05, 0) is 42.7 Å². The number of hydrogen-bond acceptors (Lipinski definition) is 5. The quantitative estimate of drug-likeness (QED) is 0.746. The van der Waals surface area contributed by atoms with Gasteiger partial charge in [0.15, 0.2) is 0 Å². The maximum atomic E-state index is 12.5. The molecule has 0 bridgehead atoms. The van der Waals surface area contributed by atoms with Gasteiger partial charge in [-0.1, -0.05) is 29.4 Å². The Morgan fingerprint density at radius 3 is 2.84 bits per heavy atom. The number of rotatable bonds is 5. The van der Waals surface area contributed by atoms with Gasteiger partial charge in [0.2, 0.25) is 11.7 Å². The third-order valence-corrected chi connectivity index (χ3v) is 4.12. The zero-order valence-corrected chi connectivity index (χ0v) is 13.5. The van der Waals surface area contributed by atoms with Crippen molar-refractivity contribution in [2.45, 2.75) is 25.4 Å². The standard InChI is InChI=1S/C19H17N3O3/c23-11-12-3-1-6-16(9-12)20-18(24)15-5-2-4-14(10-15)17-21-19(25-22-17)13-7-8-13/h1-6,9-10,13,23H,7-8,11H2,(H,20,24). The number of amides is 1. The predicted octanol–water partition coefficient (Wildman–Crippen LogP) is 3.36. The van der Waals surface area contributed by atoms with Crippen molar-refractivity contribution < 1.29 is 14.4 Å². The molecule has 1 aliphatic rings. The van der Waals surface area contributed by atoms with Crippen LogP contribution in [-0.2, 0) is 6.61 Å². The van der Waals surface area contributed by atoms with Crippen molar-refractivity contribution in [3.8, 4) is 11.4 Å². The Balaban J connectivity index is 1.54. The average Bonchev–Trinajstić information content (AvgIpc) is 3.39. The summed E-state index contributed by atoms with van der Waals surface area (Å²) in [7, 11) is 0. The van der Waals surface area contributed by atoms with Crippen LogP contribution in [0.2, 0.25) is 0 Å². The second-order valence-electron chi connectivity index (χ2n) is 6.12. The highest BCUT2D eigenvalue weighted by molar-refractivity contribution is 6.04. The van der Waals surface area contributed by atoms with Gasteiger partial charge in [-0.25, -0.2) is 0 Å². The summed E-state index contributed by atoms with van der Waals surface area (Å²) in [5, 5.41) is 16.0. The van der Waals surface area contributed by atoms with E-state index in [2.05, 4.69) is 15.5 Å². The maximum Gasteiger partial charge on any atom is 0.255 e. The second-order valence-corrected chi connectivity index (χ2v) is 6.12. The second kappa shape index (κ2) is 6.49. The van der Waals surface area contributed by atoms with Crippen LogP contribution in [0.5, 0.6) is 0 Å². The van der Waals surface area contributed by atoms with Gasteiger partial charge in [-0.2, -0.15) is 4.98 Å². The fourth-order valence-corrected chi connectivity index (χ4v) is 2.60. The number of aliphatic hydroxyl groups is 1. The molecule has 0 saturated heterocycles. The molecular formula is C19H17N3O3. The number of nitrogens with one attached hydrogen (secondary N) is 1. The van der Waals surface area contributed by atoms with Crippen LogP contribution in [0.15, 0.2) is 53.1 Å². The summed E-state index contributed by atoms with van der Waals surface area (Å²) < 4.78 is 5.28. The molecule has 1 aliphatic carbocycles. The summed E-state index contributed by atoms with van der Waals surface area (Å²) in [4.78, 5) is 16.9. The zero-order chi connectivity index (χ0) is 17.2. The molecule has 3 aromatic rings. The van der Waals surface area contributed by atoms with Crippen LogP contribution in [0.3, 0.4) is 0 Å². The molecule has 126 valence electrons. The van der Waals surface area contributed by atoms with Crippen molar-refractivity contribution in [3.05, 3.63) is 65.5 Å². The average molecular weight is 335 g/mol. The lowest BCUT2D eigenvalue weighted by Crippen LogP contribution is -2.12. The number of aromatic nitrogens is 2. The summed E-state index contributed by atoms with van der Waals surface area (Å²) in [6, 6.07) is 14.2. The SMILES string of the molecule is O=C(Nc1cccc(CO)c1)c1cccc(-c2noc(C3CC3)n2)c1. The monoisotopic (exact) mass is 335 g/mol. The van der Waals surface area contributed by atoms with Crippen molar-refractivity contribution in [1.82, 2.24) is 10.1 Å². The van der Waals surface area contributed by atoms with Crippen LogP contribution in [0, 0.1) is 0 Å². The Morgan fingerprint density at radius 1 is 1.20 bits per heavy atom. The highest BCUT2D eigenvalue weighted by atomic mass is 16.5. The van der Waals surface area contributed by atoms with E-state index in [0.717, 1.165) is 24.0 Å². The molecule has 1 aromatic heterocycles. The number of carbonyl (C=O) groups is 1. The molecule has 0 unspecified atom stereocenters. The van der Waals surface area contributed by atoms with E-state index in [0.29, 0.717) is 28.9 Å². The Morgan fingerprint density at radius 2 is 2.04 bits per heavy atom. The number of anilines is 1. The summed E-state index contributed by atoms with van der Waals surface area (Å²) in [6.45, 7) is -0.0691. The van der Waals surface area contributed by atoms with E-state index >= 15 is 0 Å². The van der Waals surface area contributed by atoms with Gasteiger partial charge in [-0.15, -0.1) is 0 Å². The van der Waals surface area contributed by atoms with Crippen LogP contribution >= 0.6 is 0 Å².